The van der Waals surface area contributed by atoms with Crippen LogP contribution in [0.4, 0.5) is 5.82 Å². The molecule has 1 amide bonds. The quantitative estimate of drug-likeness (QED) is 0.283. The minimum atomic E-state index is -3.58. The Morgan fingerprint density at radius 1 is 1.32 bits per heavy atom. The molecule has 1 aromatic heterocycles. The van der Waals surface area contributed by atoms with E-state index < -0.39 is 15.9 Å². The Kier molecular flexibility index (Phi) is 5.67. The van der Waals surface area contributed by atoms with E-state index in [2.05, 4.69) is 15.1 Å². The summed E-state index contributed by atoms with van der Waals surface area (Å²) in [6, 6.07) is 2.86. The van der Waals surface area contributed by atoms with Gasteiger partial charge in [-0.2, -0.15) is 0 Å². The minimum absolute atomic E-state index is 0.0569. The number of carbonyl (C=O) groups is 1. The summed E-state index contributed by atoms with van der Waals surface area (Å²) in [6.45, 7) is 0.243. The van der Waals surface area contributed by atoms with Crippen molar-refractivity contribution in [1.29, 1.82) is 0 Å². The molecular formula is C10H17N5O3S. The number of hydrogen-bond donors (Lipinski definition) is 4. The van der Waals surface area contributed by atoms with E-state index in [9.17, 15) is 13.2 Å². The zero-order chi connectivity index (χ0) is 14.3. The van der Waals surface area contributed by atoms with Gasteiger partial charge in [0.25, 0.3) is 0 Å². The number of unbranched alkanes of at least 4 members (excludes halogenated alkanes) is 1. The molecule has 0 unspecified atom stereocenters. The molecule has 1 heterocycles. The van der Waals surface area contributed by atoms with Crippen LogP contribution in [-0.4, -0.2) is 25.9 Å². The lowest BCUT2D eigenvalue weighted by Crippen LogP contribution is -2.25. The molecule has 0 aliphatic carbocycles. The largest absolute Gasteiger partial charge is 0.370 e. The van der Waals surface area contributed by atoms with E-state index in [0.29, 0.717) is 18.7 Å². The molecule has 1 aromatic rings. The summed E-state index contributed by atoms with van der Waals surface area (Å²) >= 11 is 0. The lowest BCUT2D eigenvalue weighted by Gasteiger charge is -2.06. The van der Waals surface area contributed by atoms with E-state index in [1.807, 2.05) is 0 Å². The molecule has 0 aliphatic rings. The van der Waals surface area contributed by atoms with Gasteiger partial charge in [-0.1, -0.05) is 0 Å². The second-order valence-electron chi connectivity index (χ2n) is 3.84. The van der Waals surface area contributed by atoms with Crippen LogP contribution in [-0.2, 0) is 14.8 Å². The maximum atomic E-state index is 11.8. The van der Waals surface area contributed by atoms with Gasteiger partial charge in [-0.3, -0.25) is 4.79 Å². The van der Waals surface area contributed by atoms with Crippen molar-refractivity contribution in [3.63, 3.8) is 0 Å². The van der Waals surface area contributed by atoms with Crippen molar-refractivity contribution in [2.75, 3.05) is 12.0 Å². The Labute approximate surface area is 111 Å². The fraction of sp³-hybridized carbons (Fsp3) is 0.400. The van der Waals surface area contributed by atoms with E-state index in [0.717, 1.165) is 0 Å². The first-order valence-electron chi connectivity index (χ1n) is 5.66. The molecule has 1 rings (SSSR count). The first-order chi connectivity index (χ1) is 8.95. The van der Waals surface area contributed by atoms with Gasteiger partial charge in [0.1, 0.15) is 10.7 Å². The van der Waals surface area contributed by atoms with Crippen LogP contribution in [0.2, 0.25) is 0 Å². The van der Waals surface area contributed by atoms with Gasteiger partial charge in [0.05, 0.1) is 0 Å². The van der Waals surface area contributed by atoms with Crippen LogP contribution in [0, 0.1) is 0 Å². The predicted molar refractivity (Wildman–Crippen MR) is 70.3 cm³/mol. The molecule has 0 aromatic carbocycles. The van der Waals surface area contributed by atoms with Crippen molar-refractivity contribution in [2.24, 2.45) is 11.6 Å². The number of carbonyl (C=O) groups excluding carboxylic acids is 1. The SMILES string of the molecule is NNc1ccc(S(=O)(=O)NCCCCC(N)=O)cn1. The topological polar surface area (TPSA) is 140 Å². The second kappa shape index (κ2) is 7.02. The third kappa shape index (κ3) is 5.20. The number of nitrogens with one attached hydrogen (secondary N) is 2. The molecule has 0 bridgehead atoms. The molecule has 0 saturated carbocycles. The summed E-state index contributed by atoms with van der Waals surface area (Å²) in [5, 5.41) is 0. The number of amides is 1. The molecule has 6 N–H and O–H groups in total. The van der Waals surface area contributed by atoms with Crippen LogP contribution in [0.5, 0.6) is 0 Å². The lowest BCUT2D eigenvalue weighted by atomic mass is 10.2. The standard InChI is InChI=1S/C10H17N5O3S/c11-9(16)3-1-2-6-14-19(17,18)8-4-5-10(15-12)13-7-8/h4-5,7,14H,1-3,6,12H2,(H2,11,16)(H,13,15). The summed E-state index contributed by atoms with van der Waals surface area (Å²) < 4.78 is 26.1. The molecule has 0 aliphatic heterocycles. The fourth-order valence-electron chi connectivity index (χ4n) is 1.34. The Balaban J connectivity index is 2.48. The Bertz CT molecular complexity index is 514. The molecule has 0 atom stereocenters. The van der Waals surface area contributed by atoms with Crippen molar-refractivity contribution >= 4 is 21.7 Å². The highest BCUT2D eigenvalue weighted by molar-refractivity contribution is 7.89. The van der Waals surface area contributed by atoms with Crippen LogP contribution in [0.1, 0.15) is 19.3 Å². The highest BCUT2D eigenvalue weighted by atomic mass is 32.2. The van der Waals surface area contributed by atoms with Crippen LogP contribution >= 0.6 is 0 Å². The summed E-state index contributed by atoms with van der Waals surface area (Å²) in [6.07, 6.45) is 2.55. The molecule has 9 heteroatoms. The molecule has 19 heavy (non-hydrogen) atoms. The molecule has 0 fully saturated rings. The van der Waals surface area contributed by atoms with E-state index in [-0.39, 0.29) is 17.9 Å². The molecule has 0 spiro atoms. The second-order valence-corrected chi connectivity index (χ2v) is 5.61. The Morgan fingerprint density at radius 3 is 2.58 bits per heavy atom. The molecule has 0 radical (unpaired) electrons. The van der Waals surface area contributed by atoms with Gasteiger partial charge >= 0.3 is 0 Å². The highest BCUT2D eigenvalue weighted by Crippen LogP contribution is 2.09. The van der Waals surface area contributed by atoms with Crippen LogP contribution < -0.4 is 21.7 Å². The number of nitrogen functional groups attached to an aromatic ring is 1. The zero-order valence-electron chi connectivity index (χ0n) is 10.3. The first kappa shape index (κ1) is 15.3. The summed E-state index contributed by atoms with van der Waals surface area (Å²) in [4.78, 5) is 14.4. The van der Waals surface area contributed by atoms with E-state index in [1.54, 1.807) is 0 Å². The number of nitrogens with zero attached hydrogens (tertiary/aromatic N) is 1. The average molecular weight is 287 g/mol. The third-order valence-electron chi connectivity index (χ3n) is 2.34. The predicted octanol–water partition coefficient (Wildman–Crippen LogP) is -0.699. The van der Waals surface area contributed by atoms with Gasteiger partial charge in [0.2, 0.25) is 15.9 Å². The lowest BCUT2D eigenvalue weighted by molar-refractivity contribution is -0.118. The van der Waals surface area contributed by atoms with Crippen LogP contribution in [0.3, 0.4) is 0 Å². The van der Waals surface area contributed by atoms with Gasteiger partial charge < -0.3 is 11.2 Å². The van der Waals surface area contributed by atoms with Gasteiger partial charge in [-0.25, -0.2) is 24.0 Å². The fourth-order valence-corrected chi connectivity index (χ4v) is 2.36. The summed E-state index contributed by atoms with van der Waals surface area (Å²) in [5.41, 5.74) is 7.28. The third-order valence-corrected chi connectivity index (χ3v) is 3.78. The van der Waals surface area contributed by atoms with Gasteiger partial charge in [0.15, 0.2) is 0 Å². The number of hydrazine groups is 1. The maximum Gasteiger partial charge on any atom is 0.242 e. The molecular weight excluding hydrogens is 270 g/mol. The number of rotatable bonds is 8. The average Bonchev–Trinajstić information content (AvgIpc) is 2.38. The van der Waals surface area contributed by atoms with Crippen molar-refractivity contribution in [2.45, 2.75) is 24.2 Å². The number of pyridine rings is 1. The molecule has 8 nitrogen and oxygen atoms in total. The normalized spacial score (nSPS) is 11.2. The van der Waals surface area contributed by atoms with Crippen molar-refractivity contribution in [3.05, 3.63) is 18.3 Å². The first-order valence-corrected chi connectivity index (χ1v) is 7.14. The van der Waals surface area contributed by atoms with Gasteiger partial charge in [-0.05, 0) is 25.0 Å². The van der Waals surface area contributed by atoms with E-state index in [1.165, 1.54) is 18.3 Å². The maximum absolute atomic E-state index is 11.8. The van der Waals surface area contributed by atoms with Gasteiger partial charge in [-0.15, -0.1) is 0 Å². The minimum Gasteiger partial charge on any atom is -0.370 e. The van der Waals surface area contributed by atoms with Gasteiger partial charge in [0, 0.05) is 19.2 Å². The van der Waals surface area contributed by atoms with Crippen LogP contribution in [0.25, 0.3) is 0 Å². The van der Waals surface area contributed by atoms with E-state index >= 15 is 0 Å². The number of anilines is 1. The van der Waals surface area contributed by atoms with Crippen molar-refractivity contribution < 1.29 is 13.2 Å². The summed E-state index contributed by atoms with van der Waals surface area (Å²) in [7, 11) is -3.58. The number of nitrogens with two attached hydrogens (primary N) is 2. The number of hydrogen-bond acceptors (Lipinski definition) is 6. The Hall–Kier alpha value is -1.71. The summed E-state index contributed by atoms with van der Waals surface area (Å²) in [5.74, 6) is 5.12. The molecule has 0 saturated heterocycles. The number of primary amides is 1. The van der Waals surface area contributed by atoms with E-state index in [4.69, 9.17) is 11.6 Å². The molecule has 106 valence electrons. The Morgan fingerprint density at radius 2 is 2.05 bits per heavy atom. The zero-order valence-corrected chi connectivity index (χ0v) is 11.1. The highest BCUT2D eigenvalue weighted by Gasteiger charge is 2.13. The number of aromatic nitrogens is 1. The smallest absolute Gasteiger partial charge is 0.242 e. The van der Waals surface area contributed by atoms with Crippen molar-refractivity contribution in [1.82, 2.24) is 9.71 Å². The monoisotopic (exact) mass is 287 g/mol. The van der Waals surface area contributed by atoms with Crippen LogP contribution in [0.15, 0.2) is 23.2 Å². The van der Waals surface area contributed by atoms with Crippen molar-refractivity contribution in [3.8, 4) is 0 Å². The number of sulfonamides is 1.